The minimum absolute atomic E-state index is 0.194. The van der Waals surface area contributed by atoms with E-state index in [9.17, 15) is 14.7 Å². The van der Waals surface area contributed by atoms with Crippen molar-refractivity contribution in [3.8, 4) is 11.1 Å². The van der Waals surface area contributed by atoms with E-state index in [0.717, 1.165) is 36.2 Å². The third-order valence-electron chi connectivity index (χ3n) is 5.39. The Hall–Kier alpha value is -4.13. The van der Waals surface area contributed by atoms with Crippen molar-refractivity contribution in [3.05, 3.63) is 101 Å². The Morgan fingerprint density at radius 3 is 2.45 bits per heavy atom. The maximum atomic E-state index is 12.8. The number of aromatic carboxylic acids is 1. The van der Waals surface area contributed by atoms with E-state index >= 15 is 0 Å². The molecular weight excluding hydrogens is 416 g/mol. The molecule has 0 aliphatic heterocycles. The second-order valence-electron chi connectivity index (χ2n) is 7.73. The van der Waals surface area contributed by atoms with E-state index in [1.54, 1.807) is 23.0 Å². The zero-order chi connectivity index (χ0) is 23.2. The van der Waals surface area contributed by atoms with Gasteiger partial charge in [-0.15, -0.1) is 5.10 Å². The van der Waals surface area contributed by atoms with Crippen molar-refractivity contribution in [3.63, 3.8) is 0 Å². The SMILES string of the molecule is CCCCc1nc(C(=O)c2ccccc2)nn1Cc1ccc(-c2cnccc2C(=O)O)cc1. The van der Waals surface area contributed by atoms with Crippen molar-refractivity contribution in [1.82, 2.24) is 19.7 Å². The number of hydrogen-bond donors (Lipinski definition) is 1. The molecule has 2 aromatic heterocycles. The van der Waals surface area contributed by atoms with Crippen LogP contribution in [-0.4, -0.2) is 36.6 Å². The number of hydrogen-bond acceptors (Lipinski definition) is 5. The van der Waals surface area contributed by atoms with Gasteiger partial charge in [-0.05, 0) is 23.6 Å². The molecule has 2 heterocycles. The average Bonchev–Trinajstić information content (AvgIpc) is 3.25. The Labute approximate surface area is 191 Å². The number of unbranched alkanes of at least 4 members (excludes halogenated alkanes) is 1. The van der Waals surface area contributed by atoms with Gasteiger partial charge in [0.2, 0.25) is 11.6 Å². The first-order valence-corrected chi connectivity index (χ1v) is 10.9. The van der Waals surface area contributed by atoms with E-state index in [2.05, 4.69) is 22.0 Å². The van der Waals surface area contributed by atoms with Crippen LogP contribution in [0, 0.1) is 0 Å². The molecule has 0 spiro atoms. The first-order chi connectivity index (χ1) is 16.1. The van der Waals surface area contributed by atoms with Gasteiger partial charge in [-0.2, -0.15) is 0 Å². The molecule has 166 valence electrons. The average molecular weight is 441 g/mol. The minimum atomic E-state index is -0.990. The van der Waals surface area contributed by atoms with Crippen LogP contribution in [-0.2, 0) is 13.0 Å². The van der Waals surface area contributed by atoms with Crippen molar-refractivity contribution in [2.45, 2.75) is 32.7 Å². The molecule has 0 bridgehead atoms. The van der Waals surface area contributed by atoms with E-state index in [1.165, 1.54) is 12.3 Å². The van der Waals surface area contributed by atoms with Crippen molar-refractivity contribution < 1.29 is 14.7 Å². The molecule has 0 unspecified atom stereocenters. The third-order valence-corrected chi connectivity index (χ3v) is 5.39. The molecule has 0 atom stereocenters. The molecule has 4 aromatic rings. The van der Waals surface area contributed by atoms with Gasteiger partial charge in [0.1, 0.15) is 5.82 Å². The summed E-state index contributed by atoms with van der Waals surface area (Å²) in [5.41, 5.74) is 3.08. The second kappa shape index (κ2) is 9.99. The minimum Gasteiger partial charge on any atom is -0.478 e. The van der Waals surface area contributed by atoms with Crippen LogP contribution in [0.1, 0.15) is 57.7 Å². The summed E-state index contributed by atoms with van der Waals surface area (Å²) in [5, 5.41) is 14.0. The lowest BCUT2D eigenvalue weighted by Gasteiger charge is -2.08. The fourth-order valence-electron chi connectivity index (χ4n) is 3.61. The first kappa shape index (κ1) is 22.1. The Morgan fingerprint density at radius 1 is 1.00 bits per heavy atom. The number of nitrogens with zero attached hydrogens (tertiary/aromatic N) is 4. The highest BCUT2D eigenvalue weighted by atomic mass is 16.4. The number of rotatable bonds is 9. The Kier molecular flexibility index (Phi) is 6.69. The van der Waals surface area contributed by atoms with Crippen LogP contribution >= 0.6 is 0 Å². The highest BCUT2D eigenvalue weighted by molar-refractivity contribution is 6.06. The number of pyridine rings is 1. The van der Waals surface area contributed by atoms with Crippen molar-refractivity contribution in [2.24, 2.45) is 0 Å². The fraction of sp³-hybridized carbons (Fsp3) is 0.192. The van der Waals surface area contributed by atoms with Crippen molar-refractivity contribution >= 4 is 11.8 Å². The molecule has 2 aromatic carbocycles. The van der Waals surface area contributed by atoms with Gasteiger partial charge in [-0.25, -0.2) is 14.5 Å². The molecular formula is C26H24N4O3. The van der Waals surface area contributed by atoms with Crippen molar-refractivity contribution in [1.29, 1.82) is 0 Å². The van der Waals surface area contributed by atoms with Crippen LogP contribution in [0.3, 0.4) is 0 Å². The van der Waals surface area contributed by atoms with Crippen LogP contribution in [0.4, 0.5) is 0 Å². The van der Waals surface area contributed by atoms with E-state index in [0.29, 0.717) is 17.7 Å². The lowest BCUT2D eigenvalue weighted by molar-refractivity contribution is 0.0697. The number of benzene rings is 2. The number of carboxylic acid groups (broad SMARTS) is 1. The maximum absolute atomic E-state index is 12.8. The van der Waals surface area contributed by atoms with E-state index in [4.69, 9.17) is 0 Å². The summed E-state index contributed by atoms with van der Waals surface area (Å²) < 4.78 is 1.79. The van der Waals surface area contributed by atoms with Crippen LogP contribution in [0.5, 0.6) is 0 Å². The van der Waals surface area contributed by atoms with Crippen LogP contribution in [0.25, 0.3) is 11.1 Å². The molecule has 0 radical (unpaired) electrons. The number of ketones is 1. The third kappa shape index (κ3) is 5.03. The van der Waals surface area contributed by atoms with E-state index < -0.39 is 5.97 Å². The molecule has 4 rings (SSSR count). The molecule has 0 aliphatic rings. The second-order valence-corrected chi connectivity index (χ2v) is 7.73. The molecule has 0 amide bonds. The van der Waals surface area contributed by atoms with Gasteiger partial charge >= 0.3 is 5.97 Å². The van der Waals surface area contributed by atoms with Gasteiger partial charge in [-0.3, -0.25) is 9.78 Å². The van der Waals surface area contributed by atoms with E-state index in [1.807, 2.05) is 42.5 Å². The predicted octanol–water partition coefficient (Wildman–Crippen LogP) is 4.66. The largest absolute Gasteiger partial charge is 0.478 e. The summed E-state index contributed by atoms with van der Waals surface area (Å²) in [6.07, 6.45) is 5.73. The summed E-state index contributed by atoms with van der Waals surface area (Å²) in [6.45, 7) is 2.58. The Bertz CT molecular complexity index is 1260. The highest BCUT2D eigenvalue weighted by Gasteiger charge is 2.18. The molecule has 1 N–H and O–H groups in total. The molecule has 33 heavy (non-hydrogen) atoms. The Morgan fingerprint density at radius 2 is 1.76 bits per heavy atom. The van der Waals surface area contributed by atoms with Gasteiger partial charge in [0, 0.05) is 29.9 Å². The quantitative estimate of drug-likeness (QED) is 0.380. The topological polar surface area (TPSA) is 98.0 Å². The molecule has 0 aliphatic carbocycles. The van der Waals surface area contributed by atoms with Crippen LogP contribution in [0.2, 0.25) is 0 Å². The normalized spacial score (nSPS) is 10.8. The summed E-state index contributed by atoms with van der Waals surface area (Å²) in [5.74, 6) is -0.207. The lowest BCUT2D eigenvalue weighted by atomic mass is 10.0. The molecule has 7 nitrogen and oxygen atoms in total. The number of carboxylic acids is 1. The van der Waals surface area contributed by atoms with E-state index in [-0.39, 0.29) is 17.2 Å². The summed E-state index contributed by atoms with van der Waals surface area (Å²) in [6, 6.07) is 18.1. The monoisotopic (exact) mass is 440 g/mol. The van der Waals surface area contributed by atoms with Gasteiger partial charge in [0.05, 0.1) is 12.1 Å². The van der Waals surface area contributed by atoms with Gasteiger partial charge in [-0.1, -0.05) is 67.9 Å². The van der Waals surface area contributed by atoms with Crippen molar-refractivity contribution in [2.75, 3.05) is 0 Å². The highest BCUT2D eigenvalue weighted by Crippen LogP contribution is 2.23. The summed E-state index contributed by atoms with van der Waals surface area (Å²) >= 11 is 0. The Balaban J connectivity index is 1.60. The number of carbonyl (C=O) groups is 2. The maximum Gasteiger partial charge on any atom is 0.336 e. The number of aryl methyl sites for hydroxylation is 1. The lowest BCUT2D eigenvalue weighted by Crippen LogP contribution is -2.08. The molecule has 0 saturated heterocycles. The summed E-state index contributed by atoms with van der Waals surface area (Å²) in [7, 11) is 0. The predicted molar refractivity (Wildman–Crippen MR) is 124 cm³/mol. The number of aromatic nitrogens is 4. The van der Waals surface area contributed by atoms with Crippen LogP contribution in [0.15, 0.2) is 73.1 Å². The van der Waals surface area contributed by atoms with Crippen LogP contribution < -0.4 is 0 Å². The number of carbonyl (C=O) groups excluding carboxylic acids is 1. The fourth-order valence-corrected chi connectivity index (χ4v) is 3.61. The smallest absolute Gasteiger partial charge is 0.336 e. The zero-order valence-electron chi connectivity index (χ0n) is 18.3. The zero-order valence-corrected chi connectivity index (χ0v) is 18.3. The van der Waals surface area contributed by atoms with Gasteiger partial charge in [0.15, 0.2) is 0 Å². The standard InChI is InChI=1S/C26H24N4O3/c1-2-3-9-23-28-25(24(31)20-7-5-4-6-8-20)29-30(23)17-18-10-12-19(13-11-18)22-16-27-15-14-21(22)26(32)33/h4-8,10-16H,2-3,9,17H2,1H3,(H,32,33). The molecule has 0 saturated carbocycles. The summed E-state index contributed by atoms with van der Waals surface area (Å²) in [4.78, 5) is 33.0. The van der Waals surface area contributed by atoms with Gasteiger partial charge < -0.3 is 5.11 Å². The van der Waals surface area contributed by atoms with Gasteiger partial charge in [0.25, 0.3) is 0 Å². The molecule has 0 fully saturated rings. The first-order valence-electron chi connectivity index (χ1n) is 10.9. The molecule has 7 heteroatoms.